The second-order valence-electron chi connectivity index (χ2n) is 5.92. The van der Waals surface area contributed by atoms with Crippen LogP contribution in [0.3, 0.4) is 0 Å². The van der Waals surface area contributed by atoms with Crippen molar-refractivity contribution in [3.8, 4) is 0 Å². The monoisotopic (exact) mass is 256 g/mol. The van der Waals surface area contributed by atoms with Crippen LogP contribution in [-0.2, 0) is 4.74 Å². The average Bonchev–Trinajstić information content (AvgIpc) is 2.58. The van der Waals surface area contributed by atoms with Crippen molar-refractivity contribution in [2.24, 2.45) is 0 Å². The molecule has 2 heteroatoms. The van der Waals surface area contributed by atoms with E-state index >= 15 is 0 Å². The van der Waals surface area contributed by atoms with E-state index in [9.17, 15) is 5.11 Å². The number of unbranched alkanes of at least 4 members (excludes halogenated alkanes) is 7. The van der Waals surface area contributed by atoms with Crippen molar-refractivity contribution >= 4 is 0 Å². The first-order valence-electron chi connectivity index (χ1n) is 8.07. The smallest absolute Gasteiger partial charge is 0.0670 e. The lowest BCUT2D eigenvalue weighted by Gasteiger charge is -2.25. The summed E-state index contributed by atoms with van der Waals surface area (Å²) in [4.78, 5) is 0. The third kappa shape index (κ3) is 7.38. The zero-order valence-electron chi connectivity index (χ0n) is 12.3. The van der Waals surface area contributed by atoms with Crippen molar-refractivity contribution in [2.45, 2.75) is 89.6 Å². The van der Waals surface area contributed by atoms with E-state index < -0.39 is 5.60 Å². The van der Waals surface area contributed by atoms with Crippen LogP contribution in [0.5, 0.6) is 0 Å². The van der Waals surface area contributed by atoms with Gasteiger partial charge in [-0.1, -0.05) is 58.3 Å². The predicted octanol–water partition coefficient (Wildman–Crippen LogP) is 4.45. The lowest BCUT2D eigenvalue weighted by atomic mass is 9.89. The van der Waals surface area contributed by atoms with Crippen LogP contribution >= 0.6 is 0 Å². The summed E-state index contributed by atoms with van der Waals surface area (Å²) in [6.07, 6.45) is 14.5. The highest BCUT2D eigenvalue weighted by Gasteiger charge is 2.27. The number of rotatable bonds is 9. The second-order valence-corrected chi connectivity index (χ2v) is 5.92. The van der Waals surface area contributed by atoms with Crippen LogP contribution in [0.4, 0.5) is 0 Å². The molecule has 1 saturated heterocycles. The molecule has 0 aromatic rings. The van der Waals surface area contributed by atoms with Gasteiger partial charge in [0.15, 0.2) is 0 Å². The van der Waals surface area contributed by atoms with Gasteiger partial charge in [0, 0.05) is 13.2 Å². The minimum Gasteiger partial charge on any atom is -0.390 e. The van der Waals surface area contributed by atoms with Crippen LogP contribution < -0.4 is 0 Å². The van der Waals surface area contributed by atoms with Crippen LogP contribution in [0, 0.1) is 0 Å². The molecule has 0 aromatic carbocycles. The average molecular weight is 256 g/mol. The molecule has 2 nitrogen and oxygen atoms in total. The minimum atomic E-state index is -0.418. The normalized spacial score (nSPS) is 25.0. The standard InChI is InChI=1S/C16H32O2/c1-2-3-4-5-6-7-8-9-11-16(17)12-10-14-18-15-13-16/h17H,2-15H2,1H3. The molecule has 18 heavy (non-hydrogen) atoms. The Balaban J connectivity index is 1.95. The SMILES string of the molecule is CCCCCCCCCCC1(O)CCCOCC1. The van der Waals surface area contributed by atoms with Crippen molar-refractivity contribution < 1.29 is 9.84 Å². The van der Waals surface area contributed by atoms with Crippen molar-refractivity contribution in [1.82, 2.24) is 0 Å². The summed E-state index contributed by atoms with van der Waals surface area (Å²) < 4.78 is 5.41. The van der Waals surface area contributed by atoms with E-state index in [0.717, 1.165) is 38.9 Å². The molecule has 108 valence electrons. The molecule has 0 bridgehead atoms. The highest BCUT2D eigenvalue weighted by molar-refractivity contribution is 4.79. The molecule has 1 fully saturated rings. The first-order chi connectivity index (χ1) is 8.77. The highest BCUT2D eigenvalue weighted by Crippen LogP contribution is 2.27. The summed E-state index contributed by atoms with van der Waals surface area (Å²) in [5.41, 5.74) is -0.418. The molecule has 1 aliphatic heterocycles. The molecule has 1 N–H and O–H groups in total. The summed E-state index contributed by atoms with van der Waals surface area (Å²) in [6, 6.07) is 0. The third-order valence-corrected chi connectivity index (χ3v) is 4.14. The van der Waals surface area contributed by atoms with Gasteiger partial charge < -0.3 is 9.84 Å². The number of aliphatic hydroxyl groups is 1. The molecular formula is C16H32O2. The van der Waals surface area contributed by atoms with E-state index in [2.05, 4.69) is 6.92 Å². The van der Waals surface area contributed by atoms with E-state index in [1.807, 2.05) is 0 Å². The van der Waals surface area contributed by atoms with Gasteiger partial charge in [0.2, 0.25) is 0 Å². The molecule has 1 unspecified atom stereocenters. The van der Waals surface area contributed by atoms with Gasteiger partial charge in [-0.2, -0.15) is 0 Å². The van der Waals surface area contributed by atoms with Crippen LogP contribution in [0.25, 0.3) is 0 Å². The van der Waals surface area contributed by atoms with Crippen LogP contribution in [0.15, 0.2) is 0 Å². The Morgan fingerprint density at radius 2 is 1.56 bits per heavy atom. The molecule has 0 aromatic heterocycles. The first-order valence-corrected chi connectivity index (χ1v) is 8.07. The molecule has 0 radical (unpaired) electrons. The molecule has 1 atom stereocenters. The summed E-state index contributed by atoms with van der Waals surface area (Å²) in [5, 5.41) is 10.4. The van der Waals surface area contributed by atoms with Gasteiger partial charge in [0.1, 0.15) is 0 Å². The minimum absolute atomic E-state index is 0.418. The molecule has 0 spiro atoms. The van der Waals surface area contributed by atoms with Gasteiger partial charge in [0.25, 0.3) is 0 Å². The van der Waals surface area contributed by atoms with Crippen molar-refractivity contribution in [2.75, 3.05) is 13.2 Å². The Bertz CT molecular complexity index is 184. The van der Waals surface area contributed by atoms with Crippen molar-refractivity contribution in [1.29, 1.82) is 0 Å². The summed E-state index contributed by atoms with van der Waals surface area (Å²) in [7, 11) is 0. The van der Waals surface area contributed by atoms with E-state index in [-0.39, 0.29) is 0 Å². The molecule has 1 aliphatic rings. The van der Waals surface area contributed by atoms with Gasteiger partial charge in [-0.25, -0.2) is 0 Å². The molecule has 1 rings (SSSR count). The Morgan fingerprint density at radius 3 is 2.28 bits per heavy atom. The van der Waals surface area contributed by atoms with Gasteiger partial charge in [-0.3, -0.25) is 0 Å². The van der Waals surface area contributed by atoms with E-state index in [1.165, 1.54) is 51.4 Å². The fourth-order valence-electron chi connectivity index (χ4n) is 2.83. The molecular weight excluding hydrogens is 224 g/mol. The van der Waals surface area contributed by atoms with Crippen molar-refractivity contribution in [3.05, 3.63) is 0 Å². The zero-order valence-corrected chi connectivity index (χ0v) is 12.3. The summed E-state index contributed by atoms with van der Waals surface area (Å²) in [5.74, 6) is 0. The second kappa shape index (κ2) is 9.80. The van der Waals surface area contributed by atoms with Gasteiger partial charge in [-0.05, 0) is 25.7 Å². The largest absolute Gasteiger partial charge is 0.390 e. The van der Waals surface area contributed by atoms with Gasteiger partial charge in [-0.15, -0.1) is 0 Å². The maximum absolute atomic E-state index is 10.4. The zero-order chi connectivity index (χ0) is 13.1. The van der Waals surface area contributed by atoms with Crippen LogP contribution in [-0.4, -0.2) is 23.9 Å². The summed E-state index contributed by atoms with van der Waals surface area (Å²) in [6.45, 7) is 3.84. The Labute approximate surface area is 113 Å². The quantitative estimate of drug-likeness (QED) is 0.618. The fourth-order valence-corrected chi connectivity index (χ4v) is 2.83. The predicted molar refractivity (Wildman–Crippen MR) is 76.8 cm³/mol. The molecule has 1 heterocycles. The van der Waals surface area contributed by atoms with Crippen LogP contribution in [0.2, 0.25) is 0 Å². The number of hydrogen-bond acceptors (Lipinski definition) is 2. The van der Waals surface area contributed by atoms with E-state index in [1.54, 1.807) is 0 Å². The van der Waals surface area contributed by atoms with Gasteiger partial charge in [0.05, 0.1) is 5.60 Å². The number of hydrogen-bond donors (Lipinski definition) is 1. The first kappa shape index (κ1) is 16.0. The maximum atomic E-state index is 10.4. The van der Waals surface area contributed by atoms with Gasteiger partial charge >= 0.3 is 0 Å². The Morgan fingerprint density at radius 1 is 0.889 bits per heavy atom. The topological polar surface area (TPSA) is 29.5 Å². The molecule has 0 aliphatic carbocycles. The lowest BCUT2D eigenvalue weighted by Crippen LogP contribution is -2.28. The molecule has 0 saturated carbocycles. The maximum Gasteiger partial charge on any atom is 0.0670 e. The van der Waals surface area contributed by atoms with Crippen LogP contribution in [0.1, 0.15) is 84.0 Å². The third-order valence-electron chi connectivity index (χ3n) is 4.14. The highest BCUT2D eigenvalue weighted by atomic mass is 16.5. The Hall–Kier alpha value is -0.0800. The molecule has 0 amide bonds. The van der Waals surface area contributed by atoms with Crippen molar-refractivity contribution in [3.63, 3.8) is 0 Å². The fraction of sp³-hybridized carbons (Fsp3) is 1.00. The number of ether oxygens (including phenoxy) is 1. The summed E-state index contributed by atoms with van der Waals surface area (Å²) >= 11 is 0. The van der Waals surface area contributed by atoms with E-state index in [0.29, 0.717) is 0 Å². The lowest BCUT2D eigenvalue weighted by molar-refractivity contribution is 0.00844. The van der Waals surface area contributed by atoms with E-state index in [4.69, 9.17) is 4.74 Å². The Kier molecular flexibility index (Phi) is 8.70.